The summed E-state index contributed by atoms with van der Waals surface area (Å²) in [6.45, 7) is 5.45. The van der Waals surface area contributed by atoms with Crippen LogP contribution in [0.4, 0.5) is 16.2 Å². The van der Waals surface area contributed by atoms with Crippen molar-refractivity contribution < 1.29 is 19.1 Å². The van der Waals surface area contributed by atoms with Crippen molar-refractivity contribution in [2.45, 2.75) is 45.6 Å². The highest BCUT2D eigenvalue weighted by Crippen LogP contribution is 2.18. The smallest absolute Gasteiger partial charge is 0.407 e. The lowest BCUT2D eigenvalue weighted by molar-refractivity contribution is -0.116. The molecule has 3 N–H and O–H groups in total. The van der Waals surface area contributed by atoms with Crippen LogP contribution in [0.2, 0.25) is 5.02 Å². The van der Waals surface area contributed by atoms with Crippen molar-refractivity contribution in [3.63, 3.8) is 0 Å². The summed E-state index contributed by atoms with van der Waals surface area (Å²) in [6.07, 6.45) is 0.346. The molecule has 0 spiro atoms. The molecule has 0 aliphatic rings. The lowest BCUT2D eigenvalue weighted by Crippen LogP contribution is -2.34. The van der Waals surface area contributed by atoms with Crippen molar-refractivity contribution in [1.29, 1.82) is 0 Å². The monoisotopic (exact) mass is 445 g/mol. The van der Waals surface area contributed by atoms with Crippen LogP contribution in [0.3, 0.4) is 0 Å². The van der Waals surface area contributed by atoms with E-state index in [1.54, 1.807) is 51.1 Å². The Morgan fingerprint density at radius 3 is 2.13 bits per heavy atom. The van der Waals surface area contributed by atoms with Crippen LogP contribution < -0.4 is 16.0 Å². The van der Waals surface area contributed by atoms with Crippen LogP contribution in [0, 0.1) is 0 Å². The van der Waals surface area contributed by atoms with Crippen LogP contribution in [0.25, 0.3) is 0 Å². The predicted molar refractivity (Wildman–Crippen MR) is 122 cm³/mol. The average Bonchev–Trinajstić information content (AvgIpc) is 2.66. The third kappa shape index (κ3) is 9.53. The number of benzene rings is 2. The number of alkyl carbamates (subject to hydrolysis) is 1. The van der Waals surface area contributed by atoms with Crippen molar-refractivity contribution in [2.24, 2.45) is 0 Å². The van der Waals surface area contributed by atoms with Crippen LogP contribution in [-0.4, -0.2) is 30.1 Å². The van der Waals surface area contributed by atoms with Gasteiger partial charge in [-0.25, -0.2) is 4.79 Å². The second-order valence-electron chi connectivity index (χ2n) is 7.95. The van der Waals surface area contributed by atoms with Crippen LogP contribution in [0.5, 0.6) is 0 Å². The molecular formula is C23H28ClN3O4. The van der Waals surface area contributed by atoms with Gasteiger partial charge >= 0.3 is 6.09 Å². The molecule has 0 saturated carbocycles. The first-order chi connectivity index (χ1) is 14.6. The summed E-state index contributed by atoms with van der Waals surface area (Å²) >= 11 is 6.12. The molecule has 0 aliphatic carbocycles. The molecule has 0 heterocycles. The van der Waals surface area contributed by atoms with E-state index in [2.05, 4.69) is 16.0 Å². The predicted octanol–water partition coefficient (Wildman–Crippen LogP) is 4.76. The fraction of sp³-hybridized carbons (Fsp3) is 0.348. The minimum absolute atomic E-state index is 0.0909. The second kappa shape index (κ2) is 11.4. The van der Waals surface area contributed by atoms with Gasteiger partial charge < -0.3 is 20.7 Å². The quantitative estimate of drug-likeness (QED) is 0.545. The molecule has 0 aliphatic heterocycles. The molecule has 166 valence electrons. The summed E-state index contributed by atoms with van der Waals surface area (Å²) in [5.41, 5.74) is 1.45. The molecule has 0 aromatic heterocycles. The number of ether oxygens (including phenoxy) is 1. The molecule has 0 atom stereocenters. The van der Waals surface area contributed by atoms with E-state index in [1.165, 1.54) is 0 Å². The van der Waals surface area contributed by atoms with Crippen molar-refractivity contribution in [1.82, 2.24) is 5.32 Å². The minimum atomic E-state index is -0.593. The van der Waals surface area contributed by atoms with Gasteiger partial charge in [0.05, 0.1) is 0 Å². The van der Waals surface area contributed by atoms with Gasteiger partial charge in [0.1, 0.15) is 5.60 Å². The van der Waals surface area contributed by atoms with Crippen LogP contribution in [0.1, 0.15) is 39.2 Å². The summed E-state index contributed by atoms with van der Waals surface area (Å²) in [4.78, 5) is 35.9. The molecular weight excluding hydrogens is 418 g/mol. The van der Waals surface area contributed by atoms with E-state index in [0.717, 1.165) is 5.56 Å². The van der Waals surface area contributed by atoms with Crippen molar-refractivity contribution in [2.75, 3.05) is 17.2 Å². The Morgan fingerprint density at radius 2 is 1.52 bits per heavy atom. The normalized spacial score (nSPS) is 10.8. The number of anilines is 2. The van der Waals surface area contributed by atoms with Gasteiger partial charge in [-0.15, -0.1) is 0 Å². The van der Waals surface area contributed by atoms with E-state index < -0.39 is 11.7 Å². The molecule has 2 rings (SSSR count). The summed E-state index contributed by atoms with van der Waals surface area (Å²) in [6, 6.07) is 14.3. The number of carbonyl (C=O) groups excluding carboxylic acids is 3. The highest BCUT2D eigenvalue weighted by molar-refractivity contribution is 6.31. The van der Waals surface area contributed by atoms with E-state index in [-0.39, 0.29) is 31.2 Å². The molecule has 0 radical (unpaired) electrons. The summed E-state index contributed by atoms with van der Waals surface area (Å²) < 4.78 is 5.12. The number of amides is 3. The number of rotatable bonds is 8. The van der Waals surface area contributed by atoms with Gasteiger partial charge in [0.15, 0.2) is 0 Å². The van der Waals surface area contributed by atoms with Gasteiger partial charge in [0, 0.05) is 35.8 Å². The third-order valence-corrected chi connectivity index (χ3v) is 4.40. The first-order valence-corrected chi connectivity index (χ1v) is 10.4. The number of nitrogens with one attached hydrogen (secondary N) is 3. The topological polar surface area (TPSA) is 96.5 Å². The van der Waals surface area contributed by atoms with Gasteiger partial charge in [-0.05, 0) is 57.0 Å². The minimum Gasteiger partial charge on any atom is -0.444 e. The van der Waals surface area contributed by atoms with Crippen molar-refractivity contribution in [3.8, 4) is 0 Å². The maximum Gasteiger partial charge on any atom is 0.407 e. The molecule has 0 bridgehead atoms. The Kier molecular flexibility index (Phi) is 8.88. The summed E-state index contributed by atoms with van der Waals surface area (Å²) in [5, 5.41) is 8.74. The lowest BCUT2D eigenvalue weighted by atomic mass is 10.1. The zero-order chi connectivity index (χ0) is 22.9. The first kappa shape index (κ1) is 24.2. The maximum atomic E-state index is 12.2. The molecule has 3 amide bonds. The SMILES string of the molecule is CC(C)(C)OC(=O)NCCC(=O)Nc1cccc(NC(=O)CCc2ccccc2Cl)c1. The Balaban J connectivity index is 1.78. The molecule has 2 aromatic carbocycles. The van der Waals surface area contributed by atoms with Crippen molar-refractivity contribution in [3.05, 3.63) is 59.1 Å². The number of carbonyl (C=O) groups is 3. The van der Waals surface area contributed by atoms with E-state index in [4.69, 9.17) is 16.3 Å². The van der Waals surface area contributed by atoms with Gasteiger partial charge in [-0.1, -0.05) is 35.9 Å². The summed E-state index contributed by atoms with van der Waals surface area (Å²) in [7, 11) is 0. The molecule has 8 heteroatoms. The molecule has 31 heavy (non-hydrogen) atoms. The van der Waals surface area contributed by atoms with Crippen LogP contribution in [-0.2, 0) is 20.7 Å². The summed E-state index contributed by atoms with van der Waals surface area (Å²) in [5.74, 6) is -0.414. The standard InChI is InChI=1S/C23H28ClN3O4/c1-23(2,3)31-22(30)25-14-13-21(29)27-18-9-6-8-17(15-18)26-20(28)12-11-16-7-4-5-10-19(16)24/h4-10,15H,11-14H2,1-3H3,(H,25,30)(H,26,28)(H,27,29). The van der Waals surface area contributed by atoms with Gasteiger partial charge in [-0.3, -0.25) is 9.59 Å². The first-order valence-electron chi connectivity index (χ1n) is 10.0. The molecule has 0 unspecified atom stereocenters. The average molecular weight is 446 g/mol. The van der Waals surface area contributed by atoms with Gasteiger partial charge in [-0.2, -0.15) is 0 Å². The van der Waals surface area contributed by atoms with Gasteiger partial charge in [0.25, 0.3) is 0 Å². The van der Waals surface area contributed by atoms with E-state index in [9.17, 15) is 14.4 Å². The van der Waals surface area contributed by atoms with Crippen LogP contribution in [0.15, 0.2) is 48.5 Å². The molecule has 0 fully saturated rings. The zero-order valence-corrected chi connectivity index (χ0v) is 18.7. The maximum absolute atomic E-state index is 12.2. The van der Waals surface area contributed by atoms with Crippen LogP contribution >= 0.6 is 11.6 Å². The zero-order valence-electron chi connectivity index (χ0n) is 18.0. The number of hydrogen-bond donors (Lipinski definition) is 3. The fourth-order valence-corrected chi connectivity index (χ4v) is 2.89. The molecule has 0 saturated heterocycles. The number of hydrogen-bond acceptors (Lipinski definition) is 4. The van der Waals surface area contributed by atoms with Crippen molar-refractivity contribution >= 4 is 40.9 Å². The Labute approximate surface area is 187 Å². The highest BCUT2D eigenvalue weighted by Gasteiger charge is 2.16. The molecule has 7 nitrogen and oxygen atoms in total. The van der Waals surface area contributed by atoms with E-state index in [0.29, 0.717) is 22.8 Å². The Morgan fingerprint density at radius 1 is 0.903 bits per heavy atom. The lowest BCUT2D eigenvalue weighted by Gasteiger charge is -2.19. The van der Waals surface area contributed by atoms with E-state index in [1.807, 2.05) is 18.2 Å². The second-order valence-corrected chi connectivity index (χ2v) is 8.35. The molecule has 2 aromatic rings. The number of halogens is 1. The van der Waals surface area contributed by atoms with E-state index >= 15 is 0 Å². The highest BCUT2D eigenvalue weighted by atomic mass is 35.5. The number of aryl methyl sites for hydroxylation is 1. The Hall–Kier alpha value is -3.06. The van der Waals surface area contributed by atoms with Gasteiger partial charge in [0.2, 0.25) is 11.8 Å². The Bertz CT molecular complexity index is 925. The largest absolute Gasteiger partial charge is 0.444 e. The fourth-order valence-electron chi connectivity index (χ4n) is 2.66. The third-order valence-electron chi connectivity index (χ3n) is 4.03.